The van der Waals surface area contributed by atoms with Gasteiger partial charge >= 0.3 is 5.97 Å². The highest BCUT2D eigenvalue weighted by Crippen LogP contribution is 2.57. The zero-order valence-corrected chi connectivity index (χ0v) is 16.6. The summed E-state index contributed by atoms with van der Waals surface area (Å²) < 4.78 is 17.6. The smallest absolute Gasteiger partial charge is 0.310 e. The first kappa shape index (κ1) is 18.1. The van der Waals surface area contributed by atoms with E-state index < -0.39 is 0 Å². The molecule has 2 aliphatic carbocycles. The van der Waals surface area contributed by atoms with Crippen molar-refractivity contribution in [2.45, 2.75) is 63.8 Å². The molecule has 27 heavy (non-hydrogen) atoms. The van der Waals surface area contributed by atoms with Gasteiger partial charge in [-0.15, -0.1) is 0 Å². The van der Waals surface area contributed by atoms with Crippen LogP contribution in [0.15, 0.2) is 12.2 Å². The lowest BCUT2D eigenvalue weighted by Gasteiger charge is -2.50. The van der Waals surface area contributed by atoms with Gasteiger partial charge in [-0.3, -0.25) is 4.79 Å². The van der Waals surface area contributed by atoms with E-state index in [0.717, 1.165) is 51.7 Å². The predicted octanol–water partition coefficient (Wildman–Crippen LogP) is 3.14. The van der Waals surface area contributed by atoms with Gasteiger partial charge in [0, 0.05) is 38.4 Å². The van der Waals surface area contributed by atoms with Crippen LogP contribution in [-0.4, -0.2) is 55.6 Å². The predicted molar refractivity (Wildman–Crippen MR) is 101 cm³/mol. The summed E-state index contributed by atoms with van der Waals surface area (Å²) >= 11 is 0. The number of carbonyl (C=O) groups is 1. The zero-order valence-electron chi connectivity index (χ0n) is 16.6. The lowest BCUT2D eigenvalue weighted by Crippen LogP contribution is -2.49. The SMILES string of the molecule is C=C1CCC[C@@]2(C)C[C@H]3OC(=O)[C@@H](CN4CCC5(CC4)OCCO5)[C@@H]3C[C@H]12. The second-order valence-electron chi connectivity index (χ2n) is 9.81. The number of nitrogens with zero attached hydrogens (tertiary/aromatic N) is 1. The number of allylic oxidation sites excluding steroid dienone is 1. The minimum Gasteiger partial charge on any atom is -0.462 e. The Morgan fingerprint density at radius 3 is 2.67 bits per heavy atom. The molecule has 0 radical (unpaired) electrons. The number of piperidine rings is 1. The molecule has 5 heteroatoms. The highest BCUT2D eigenvalue weighted by atomic mass is 16.7. The van der Waals surface area contributed by atoms with Crippen LogP contribution in [0.4, 0.5) is 0 Å². The van der Waals surface area contributed by atoms with Gasteiger partial charge in [-0.2, -0.15) is 0 Å². The fourth-order valence-corrected chi connectivity index (χ4v) is 6.60. The Bertz CT molecular complexity index is 618. The Balaban J connectivity index is 1.26. The first-order chi connectivity index (χ1) is 13.0. The van der Waals surface area contributed by atoms with Gasteiger partial charge < -0.3 is 19.1 Å². The van der Waals surface area contributed by atoms with Crippen molar-refractivity contribution in [3.63, 3.8) is 0 Å². The highest BCUT2D eigenvalue weighted by molar-refractivity contribution is 5.75. The van der Waals surface area contributed by atoms with E-state index in [9.17, 15) is 4.79 Å². The number of hydrogen-bond donors (Lipinski definition) is 0. The van der Waals surface area contributed by atoms with Crippen LogP contribution in [0.25, 0.3) is 0 Å². The molecular formula is C22H33NO4. The average molecular weight is 376 g/mol. The first-order valence-corrected chi connectivity index (χ1v) is 10.9. The van der Waals surface area contributed by atoms with Crippen LogP contribution in [0.5, 0.6) is 0 Å². The lowest BCUT2D eigenvalue weighted by atomic mass is 9.55. The number of ether oxygens (including phenoxy) is 3. The van der Waals surface area contributed by atoms with Gasteiger partial charge in [-0.25, -0.2) is 0 Å². The normalized spacial score (nSPS) is 44.2. The van der Waals surface area contributed by atoms with Crippen LogP contribution in [0.1, 0.15) is 51.9 Å². The van der Waals surface area contributed by atoms with Crippen molar-refractivity contribution in [1.82, 2.24) is 4.90 Å². The summed E-state index contributed by atoms with van der Waals surface area (Å²) in [6, 6.07) is 0. The fourth-order valence-electron chi connectivity index (χ4n) is 6.60. The molecule has 0 aromatic carbocycles. The summed E-state index contributed by atoms with van der Waals surface area (Å²) in [7, 11) is 0. The topological polar surface area (TPSA) is 48.0 Å². The standard InChI is InChI=1S/C22H33NO4/c1-15-4-3-5-21(2)13-19-16(12-18(15)21)17(20(24)27-19)14-23-8-6-22(7-9-23)25-10-11-26-22/h16-19H,1,3-14H2,2H3/t16-,17-,18+,19+,21-/m0/s1. The van der Waals surface area contributed by atoms with E-state index >= 15 is 0 Å². The molecule has 1 spiro atoms. The molecule has 2 saturated carbocycles. The summed E-state index contributed by atoms with van der Waals surface area (Å²) in [6.07, 6.45) is 7.67. The summed E-state index contributed by atoms with van der Waals surface area (Å²) in [6.45, 7) is 10.9. The molecule has 0 aromatic heterocycles. The fraction of sp³-hybridized carbons (Fsp3) is 0.864. The third-order valence-corrected chi connectivity index (χ3v) is 8.21. The lowest BCUT2D eigenvalue weighted by molar-refractivity contribution is -0.186. The van der Waals surface area contributed by atoms with Crippen LogP contribution in [0.2, 0.25) is 0 Å². The van der Waals surface area contributed by atoms with Crippen LogP contribution in [0.3, 0.4) is 0 Å². The second kappa shape index (κ2) is 6.57. The molecule has 0 N–H and O–H groups in total. The van der Waals surface area contributed by atoms with E-state index in [1.54, 1.807) is 0 Å². The van der Waals surface area contributed by atoms with Gasteiger partial charge in [0.25, 0.3) is 0 Å². The van der Waals surface area contributed by atoms with Crippen LogP contribution in [0, 0.1) is 23.2 Å². The number of likely N-dealkylation sites (tertiary alicyclic amines) is 1. The Hall–Kier alpha value is -0.910. The molecule has 0 aromatic rings. The van der Waals surface area contributed by atoms with E-state index in [2.05, 4.69) is 18.4 Å². The van der Waals surface area contributed by atoms with E-state index in [0.29, 0.717) is 25.0 Å². The summed E-state index contributed by atoms with van der Waals surface area (Å²) in [5, 5.41) is 0. The van der Waals surface area contributed by atoms with E-state index in [-0.39, 0.29) is 29.2 Å². The third kappa shape index (κ3) is 3.06. The van der Waals surface area contributed by atoms with Crippen LogP contribution < -0.4 is 0 Å². The van der Waals surface area contributed by atoms with Gasteiger partial charge in [0.2, 0.25) is 0 Å². The molecule has 3 heterocycles. The number of esters is 1. The van der Waals surface area contributed by atoms with Crippen molar-refractivity contribution in [2.24, 2.45) is 23.2 Å². The monoisotopic (exact) mass is 375 g/mol. The largest absolute Gasteiger partial charge is 0.462 e. The Labute approximate surface area is 162 Å². The number of carbonyl (C=O) groups excluding carboxylic acids is 1. The van der Waals surface area contributed by atoms with Crippen LogP contribution in [-0.2, 0) is 19.0 Å². The van der Waals surface area contributed by atoms with Crippen molar-refractivity contribution >= 4 is 5.97 Å². The van der Waals surface area contributed by atoms with Crippen LogP contribution >= 0.6 is 0 Å². The maximum Gasteiger partial charge on any atom is 0.310 e. The molecule has 5 rings (SSSR count). The van der Waals surface area contributed by atoms with Crippen molar-refractivity contribution in [1.29, 1.82) is 0 Å². The molecule has 5 aliphatic rings. The number of fused-ring (bicyclic) bond motifs is 2. The molecule has 3 aliphatic heterocycles. The molecular weight excluding hydrogens is 342 g/mol. The van der Waals surface area contributed by atoms with E-state index in [1.165, 1.54) is 18.4 Å². The second-order valence-corrected chi connectivity index (χ2v) is 9.81. The zero-order chi connectivity index (χ0) is 18.6. The average Bonchev–Trinajstić information content (AvgIpc) is 3.20. The third-order valence-electron chi connectivity index (χ3n) is 8.21. The molecule has 150 valence electrons. The molecule has 5 nitrogen and oxygen atoms in total. The van der Waals surface area contributed by atoms with Crippen molar-refractivity contribution < 1.29 is 19.0 Å². The summed E-state index contributed by atoms with van der Waals surface area (Å²) in [5.41, 5.74) is 1.69. The van der Waals surface area contributed by atoms with E-state index in [1.807, 2.05) is 0 Å². The Morgan fingerprint density at radius 1 is 1.19 bits per heavy atom. The molecule has 3 saturated heterocycles. The number of rotatable bonds is 2. The minimum absolute atomic E-state index is 0.0220. The Morgan fingerprint density at radius 2 is 1.93 bits per heavy atom. The van der Waals surface area contributed by atoms with Gasteiger partial charge in [0.05, 0.1) is 19.1 Å². The van der Waals surface area contributed by atoms with Gasteiger partial charge in [-0.05, 0) is 43.4 Å². The molecule has 0 amide bonds. The minimum atomic E-state index is -0.346. The summed E-state index contributed by atoms with van der Waals surface area (Å²) in [4.78, 5) is 15.2. The van der Waals surface area contributed by atoms with Gasteiger partial charge in [0.15, 0.2) is 5.79 Å². The first-order valence-electron chi connectivity index (χ1n) is 10.9. The van der Waals surface area contributed by atoms with Crippen molar-refractivity contribution in [3.8, 4) is 0 Å². The highest BCUT2D eigenvalue weighted by Gasteiger charge is 2.55. The van der Waals surface area contributed by atoms with Crippen molar-refractivity contribution in [2.75, 3.05) is 32.8 Å². The summed E-state index contributed by atoms with van der Waals surface area (Å²) in [5.74, 6) is 0.636. The maximum absolute atomic E-state index is 12.7. The molecule has 0 bridgehead atoms. The van der Waals surface area contributed by atoms with E-state index in [4.69, 9.17) is 14.2 Å². The Kier molecular flexibility index (Phi) is 4.41. The maximum atomic E-state index is 12.7. The molecule has 0 unspecified atom stereocenters. The molecule has 5 fully saturated rings. The number of hydrogen-bond acceptors (Lipinski definition) is 5. The van der Waals surface area contributed by atoms with Gasteiger partial charge in [0.1, 0.15) is 6.10 Å². The molecule has 5 atom stereocenters. The quantitative estimate of drug-likeness (QED) is 0.548. The van der Waals surface area contributed by atoms with Gasteiger partial charge in [-0.1, -0.05) is 19.1 Å². The van der Waals surface area contributed by atoms with Crippen molar-refractivity contribution in [3.05, 3.63) is 12.2 Å².